The molecule has 2 amide bonds. The summed E-state index contributed by atoms with van der Waals surface area (Å²) in [6.45, 7) is 4.16. The number of fused-ring (bicyclic) bond motifs is 2. The van der Waals surface area contributed by atoms with Gasteiger partial charge in [0.25, 0.3) is 15.9 Å². The van der Waals surface area contributed by atoms with Crippen molar-refractivity contribution >= 4 is 56.5 Å². The van der Waals surface area contributed by atoms with Crippen molar-refractivity contribution in [2.75, 3.05) is 61.2 Å². The summed E-state index contributed by atoms with van der Waals surface area (Å²) in [7, 11) is 2.55. The summed E-state index contributed by atoms with van der Waals surface area (Å²) < 4.78 is 49.9. The number of likely N-dealkylation sites (N-methyl/N-ethyl adjacent to an activating group) is 1. The number of nitrogens with zero attached hydrogens (tertiary/aromatic N) is 5. The molecule has 15 heteroatoms. The molecule has 262 valence electrons. The maximum Gasteiger partial charge on any atom is 0.265 e. The average Bonchev–Trinajstić information content (AvgIpc) is 3.64. The molecule has 2 aliphatic rings. The fourth-order valence-electron chi connectivity index (χ4n) is 6.33. The number of aromatic nitrogens is 2. The molecule has 3 N–H and O–H groups in total. The van der Waals surface area contributed by atoms with Gasteiger partial charge in [0.15, 0.2) is 5.82 Å². The predicted octanol–water partition coefficient (Wildman–Crippen LogP) is 4.37. The lowest BCUT2D eigenvalue weighted by Gasteiger charge is -2.25. The average molecular weight is 703 g/mol. The van der Waals surface area contributed by atoms with Crippen molar-refractivity contribution < 1.29 is 27.1 Å². The van der Waals surface area contributed by atoms with Crippen molar-refractivity contribution in [1.29, 1.82) is 0 Å². The van der Waals surface area contributed by atoms with Crippen LogP contribution in [0, 0.1) is 12.7 Å². The number of carbonyl (C=O) groups excluding carboxylic acids is 2. The van der Waals surface area contributed by atoms with Gasteiger partial charge in [0.2, 0.25) is 11.9 Å². The molecule has 0 radical (unpaired) electrons. The highest BCUT2D eigenvalue weighted by Crippen LogP contribution is 2.42. The van der Waals surface area contributed by atoms with Gasteiger partial charge in [0.05, 0.1) is 35.5 Å². The lowest BCUT2D eigenvalue weighted by atomic mass is 10.1. The molecule has 2 aliphatic heterocycles. The van der Waals surface area contributed by atoms with Crippen LogP contribution in [0.4, 0.5) is 39.0 Å². The van der Waals surface area contributed by atoms with Gasteiger partial charge in [-0.1, -0.05) is 23.8 Å². The molecule has 0 fully saturated rings. The van der Waals surface area contributed by atoms with E-state index in [2.05, 4.69) is 16.0 Å². The minimum atomic E-state index is -4.04. The van der Waals surface area contributed by atoms with E-state index in [9.17, 15) is 22.4 Å². The Labute approximate surface area is 290 Å². The third-order valence-electron chi connectivity index (χ3n) is 8.70. The topological polar surface area (TPSA) is 149 Å². The van der Waals surface area contributed by atoms with Crippen LogP contribution in [-0.2, 0) is 27.7 Å². The number of ether oxygens (including phenoxy) is 1. The van der Waals surface area contributed by atoms with E-state index in [-0.39, 0.29) is 65.2 Å². The number of nitrogens with one attached hydrogen (secondary N) is 3. The normalized spacial score (nSPS) is 15.2. The van der Waals surface area contributed by atoms with Gasteiger partial charge >= 0.3 is 0 Å². The van der Waals surface area contributed by atoms with E-state index >= 15 is 0 Å². The summed E-state index contributed by atoms with van der Waals surface area (Å²) in [6.07, 6.45) is 0.887. The van der Waals surface area contributed by atoms with Crippen molar-refractivity contribution in [2.24, 2.45) is 0 Å². The van der Waals surface area contributed by atoms with E-state index in [0.29, 0.717) is 29.1 Å². The van der Waals surface area contributed by atoms with Gasteiger partial charge in [-0.3, -0.25) is 9.59 Å². The third kappa shape index (κ3) is 6.41. The Bertz CT molecular complexity index is 2090. The fourth-order valence-corrected chi connectivity index (χ4v) is 7.77. The number of sulfonamides is 1. The van der Waals surface area contributed by atoms with Crippen molar-refractivity contribution in [3.8, 4) is 5.75 Å². The molecule has 3 aromatic carbocycles. The minimum absolute atomic E-state index is 0.00520. The number of anilines is 6. The first-order chi connectivity index (χ1) is 23.8. The second kappa shape index (κ2) is 13.6. The number of halogens is 1. The molecule has 0 unspecified atom stereocenters. The van der Waals surface area contributed by atoms with Crippen molar-refractivity contribution in [3.63, 3.8) is 0 Å². The van der Waals surface area contributed by atoms with Crippen LogP contribution < -0.4 is 29.9 Å². The van der Waals surface area contributed by atoms with E-state index in [4.69, 9.17) is 14.7 Å². The van der Waals surface area contributed by atoms with Gasteiger partial charge in [-0.25, -0.2) is 17.1 Å². The standard InChI is InChI=1S/C35H39FN8O5S/c1-20-10-12-23(13-11-20)50(47,48)43-15-14-24-32(38-26-9-7-8-25(36)31(26)34(46)37-3)40-35(41-33(24)43)39-27-18-28-22(17-29(27)49-6)16-21(2)44(28)30(45)19-42(4)5/h7-13,17-18,21H,14-16,19H2,1-6H3,(H,37,46)(H2,38,39,40,41)/t21-/m0/s1. The molecular formula is C35H39FN8O5S. The van der Waals surface area contributed by atoms with Crippen molar-refractivity contribution in [1.82, 2.24) is 20.2 Å². The van der Waals surface area contributed by atoms with Crippen LogP contribution in [0.15, 0.2) is 59.5 Å². The highest BCUT2D eigenvalue weighted by Gasteiger charge is 2.36. The quantitative estimate of drug-likeness (QED) is 0.218. The molecule has 4 aromatic rings. The number of amides is 2. The molecule has 6 rings (SSSR count). The molecule has 1 atom stereocenters. The second-order valence-corrected chi connectivity index (χ2v) is 14.4. The Hall–Kier alpha value is -5.28. The van der Waals surface area contributed by atoms with E-state index in [1.54, 1.807) is 35.2 Å². The molecule has 13 nitrogen and oxygen atoms in total. The Morgan fingerprint density at radius 3 is 2.48 bits per heavy atom. The van der Waals surface area contributed by atoms with E-state index in [1.807, 2.05) is 38.9 Å². The first-order valence-electron chi connectivity index (χ1n) is 16.0. The van der Waals surface area contributed by atoms with Crippen LogP contribution in [0.25, 0.3) is 0 Å². The van der Waals surface area contributed by atoms with Gasteiger partial charge in [-0.15, -0.1) is 0 Å². The van der Waals surface area contributed by atoms with Crippen LogP contribution in [0.5, 0.6) is 5.75 Å². The Kier molecular flexibility index (Phi) is 9.37. The van der Waals surface area contributed by atoms with E-state index in [0.717, 1.165) is 11.1 Å². The van der Waals surface area contributed by atoms with E-state index < -0.39 is 21.7 Å². The minimum Gasteiger partial charge on any atom is -0.495 e. The fraction of sp³-hybridized carbons (Fsp3) is 0.314. The number of hydrogen-bond donors (Lipinski definition) is 3. The van der Waals surface area contributed by atoms with Crippen LogP contribution in [0.3, 0.4) is 0 Å². The number of aryl methyl sites for hydroxylation is 1. The first-order valence-corrected chi connectivity index (χ1v) is 17.5. The van der Waals surface area contributed by atoms with Crippen LogP contribution in [0.1, 0.15) is 34.0 Å². The number of benzene rings is 3. The Balaban J connectivity index is 1.47. The first kappa shape index (κ1) is 34.6. The molecule has 1 aromatic heterocycles. The molecule has 0 bridgehead atoms. The molecule has 0 saturated carbocycles. The van der Waals surface area contributed by atoms with Gasteiger partial charge in [0, 0.05) is 30.9 Å². The molecule has 3 heterocycles. The third-order valence-corrected chi connectivity index (χ3v) is 10.5. The highest BCUT2D eigenvalue weighted by atomic mass is 32.2. The summed E-state index contributed by atoms with van der Waals surface area (Å²) in [6, 6.07) is 14.3. The zero-order chi connectivity index (χ0) is 35.9. The lowest BCUT2D eigenvalue weighted by Crippen LogP contribution is -2.41. The monoisotopic (exact) mass is 702 g/mol. The molecule has 0 saturated heterocycles. The maximum absolute atomic E-state index is 15.0. The molecule has 50 heavy (non-hydrogen) atoms. The van der Waals surface area contributed by atoms with Gasteiger partial charge in [0.1, 0.15) is 17.4 Å². The summed E-state index contributed by atoms with van der Waals surface area (Å²) in [5.41, 5.74) is 3.38. The Morgan fingerprint density at radius 1 is 1.06 bits per heavy atom. The molecule has 0 spiro atoms. The van der Waals surface area contributed by atoms with Crippen LogP contribution in [-0.4, -0.2) is 82.5 Å². The number of methoxy groups -OCH3 is 1. The zero-order valence-electron chi connectivity index (χ0n) is 28.7. The predicted molar refractivity (Wildman–Crippen MR) is 190 cm³/mol. The Morgan fingerprint density at radius 2 is 1.80 bits per heavy atom. The summed E-state index contributed by atoms with van der Waals surface area (Å²) in [5.74, 6) is -0.669. The highest BCUT2D eigenvalue weighted by molar-refractivity contribution is 7.92. The largest absolute Gasteiger partial charge is 0.495 e. The summed E-state index contributed by atoms with van der Waals surface area (Å²) in [4.78, 5) is 39.1. The smallest absolute Gasteiger partial charge is 0.265 e. The van der Waals surface area contributed by atoms with Gasteiger partial charge in [-0.05, 0) is 82.7 Å². The van der Waals surface area contributed by atoms with E-state index in [1.165, 1.54) is 36.7 Å². The van der Waals surface area contributed by atoms with Crippen molar-refractivity contribution in [2.45, 2.75) is 37.6 Å². The summed E-state index contributed by atoms with van der Waals surface area (Å²) >= 11 is 0. The lowest BCUT2D eigenvalue weighted by molar-refractivity contribution is -0.119. The van der Waals surface area contributed by atoms with Crippen LogP contribution in [0.2, 0.25) is 0 Å². The number of hydrogen-bond acceptors (Lipinski definition) is 10. The second-order valence-electron chi connectivity index (χ2n) is 12.6. The molecule has 0 aliphatic carbocycles. The maximum atomic E-state index is 15.0. The number of rotatable bonds is 10. The zero-order valence-corrected chi connectivity index (χ0v) is 29.5. The number of carbonyl (C=O) groups is 2. The molecular weight excluding hydrogens is 664 g/mol. The SMILES string of the molecule is CNC(=O)c1c(F)cccc1Nc1nc(Nc2cc3c(cc2OC)C[C@H](C)N3C(=O)CN(C)C)nc2c1CCN2S(=O)(=O)c1ccc(C)cc1. The van der Waals surface area contributed by atoms with Crippen LogP contribution >= 0.6 is 0 Å². The summed E-state index contributed by atoms with van der Waals surface area (Å²) in [5, 5.41) is 8.74. The van der Waals surface area contributed by atoms with Gasteiger partial charge < -0.3 is 30.5 Å². The van der Waals surface area contributed by atoms with Crippen molar-refractivity contribution in [3.05, 3.63) is 82.7 Å². The van der Waals surface area contributed by atoms with Gasteiger partial charge in [-0.2, -0.15) is 9.97 Å².